The van der Waals surface area contributed by atoms with Crippen LogP contribution in [-0.2, 0) is 9.84 Å². The number of benzene rings is 2. The van der Waals surface area contributed by atoms with Crippen LogP contribution in [0.3, 0.4) is 0 Å². The number of nitriles is 1. The Balaban J connectivity index is 2.02. The molecule has 0 spiro atoms. The van der Waals surface area contributed by atoms with Crippen LogP contribution >= 0.6 is 0 Å². The standard InChI is InChI=1S/C20H22N2O3S/c1-15(2)14-26(24,25)11-10-22-20(23)19-5-3-4-18(12-19)17-8-6-16(13-21)7-9-17/h3-9,12,15H,10-11,14H2,1-2H3,(H,22,23). The maximum Gasteiger partial charge on any atom is 0.251 e. The third-order valence-electron chi connectivity index (χ3n) is 3.76. The maximum atomic E-state index is 12.3. The molecular weight excluding hydrogens is 348 g/mol. The zero-order valence-electron chi connectivity index (χ0n) is 14.9. The largest absolute Gasteiger partial charge is 0.351 e. The minimum absolute atomic E-state index is 0.0633. The number of hydrogen-bond donors (Lipinski definition) is 1. The van der Waals surface area contributed by atoms with Gasteiger partial charge in [-0.15, -0.1) is 0 Å². The van der Waals surface area contributed by atoms with Crippen molar-refractivity contribution in [2.75, 3.05) is 18.1 Å². The van der Waals surface area contributed by atoms with E-state index in [0.29, 0.717) is 11.1 Å². The molecule has 0 aromatic heterocycles. The average Bonchev–Trinajstić information content (AvgIpc) is 2.60. The van der Waals surface area contributed by atoms with E-state index in [-0.39, 0.29) is 29.9 Å². The van der Waals surface area contributed by atoms with Gasteiger partial charge in [-0.3, -0.25) is 4.79 Å². The zero-order valence-corrected chi connectivity index (χ0v) is 15.7. The Kier molecular flexibility index (Phi) is 6.53. The van der Waals surface area contributed by atoms with Gasteiger partial charge in [0.25, 0.3) is 5.91 Å². The van der Waals surface area contributed by atoms with E-state index in [4.69, 9.17) is 5.26 Å². The molecule has 2 aromatic carbocycles. The smallest absolute Gasteiger partial charge is 0.251 e. The van der Waals surface area contributed by atoms with Gasteiger partial charge in [0, 0.05) is 12.1 Å². The summed E-state index contributed by atoms with van der Waals surface area (Å²) in [5.41, 5.74) is 2.80. The lowest BCUT2D eigenvalue weighted by Crippen LogP contribution is -2.30. The van der Waals surface area contributed by atoms with Crippen LogP contribution in [0.1, 0.15) is 29.8 Å². The number of sulfone groups is 1. The van der Waals surface area contributed by atoms with Crippen LogP contribution in [0.25, 0.3) is 11.1 Å². The van der Waals surface area contributed by atoms with Crippen molar-refractivity contribution in [1.29, 1.82) is 5.26 Å². The van der Waals surface area contributed by atoms with Crippen molar-refractivity contribution < 1.29 is 13.2 Å². The number of nitrogens with zero attached hydrogens (tertiary/aromatic N) is 1. The molecule has 0 aliphatic rings. The predicted octanol–water partition coefficient (Wildman–Crippen LogP) is 3.03. The van der Waals surface area contributed by atoms with Gasteiger partial charge in [0.2, 0.25) is 0 Å². The molecule has 0 aliphatic carbocycles. The highest BCUT2D eigenvalue weighted by Crippen LogP contribution is 2.21. The summed E-state index contributed by atoms with van der Waals surface area (Å²) in [6, 6.07) is 16.3. The molecule has 0 atom stereocenters. The lowest BCUT2D eigenvalue weighted by atomic mass is 10.0. The third-order valence-corrected chi connectivity index (χ3v) is 5.76. The van der Waals surface area contributed by atoms with Crippen LogP contribution in [0.15, 0.2) is 48.5 Å². The first-order valence-electron chi connectivity index (χ1n) is 8.40. The Morgan fingerprint density at radius 3 is 2.42 bits per heavy atom. The highest BCUT2D eigenvalue weighted by atomic mass is 32.2. The van der Waals surface area contributed by atoms with Crippen molar-refractivity contribution in [3.63, 3.8) is 0 Å². The molecule has 2 aromatic rings. The number of nitrogens with one attached hydrogen (secondary N) is 1. The summed E-state index contributed by atoms with van der Waals surface area (Å²) in [4.78, 5) is 12.3. The molecule has 0 bridgehead atoms. The maximum absolute atomic E-state index is 12.3. The van der Waals surface area contributed by atoms with Crippen molar-refractivity contribution in [3.8, 4) is 17.2 Å². The molecule has 0 unspecified atom stereocenters. The van der Waals surface area contributed by atoms with Gasteiger partial charge in [-0.1, -0.05) is 38.1 Å². The fraction of sp³-hybridized carbons (Fsp3) is 0.300. The Bertz CT molecular complexity index is 911. The van der Waals surface area contributed by atoms with Crippen LogP contribution in [-0.4, -0.2) is 32.4 Å². The molecule has 0 heterocycles. The molecule has 136 valence electrons. The van der Waals surface area contributed by atoms with Crippen molar-refractivity contribution in [2.45, 2.75) is 13.8 Å². The van der Waals surface area contributed by atoms with E-state index >= 15 is 0 Å². The van der Waals surface area contributed by atoms with Crippen LogP contribution in [0.4, 0.5) is 0 Å². The second-order valence-corrected chi connectivity index (χ2v) is 8.76. The van der Waals surface area contributed by atoms with E-state index in [1.54, 1.807) is 30.3 Å². The zero-order chi connectivity index (χ0) is 19.2. The SMILES string of the molecule is CC(C)CS(=O)(=O)CCNC(=O)c1cccc(-c2ccc(C#N)cc2)c1. The predicted molar refractivity (Wildman–Crippen MR) is 102 cm³/mol. The average molecular weight is 370 g/mol. The van der Waals surface area contributed by atoms with E-state index in [2.05, 4.69) is 11.4 Å². The fourth-order valence-electron chi connectivity index (χ4n) is 2.59. The molecule has 26 heavy (non-hydrogen) atoms. The second kappa shape index (κ2) is 8.63. The molecule has 0 aliphatic heterocycles. The summed E-state index contributed by atoms with van der Waals surface area (Å²) in [6.07, 6.45) is 0. The molecule has 1 amide bonds. The Hall–Kier alpha value is -2.65. The van der Waals surface area contributed by atoms with E-state index in [1.165, 1.54) is 0 Å². The van der Waals surface area contributed by atoms with Crippen LogP contribution < -0.4 is 5.32 Å². The van der Waals surface area contributed by atoms with Crippen molar-refractivity contribution in [3.05, 3.63) is 59.7 Å². The topological polar surface area (TPSA) is 87.0 Å². The molecule has 5 nitrogen and oxygen atoms in total. The third kappa shape index (κ3) is 5.71. The van der Waals surface area contributed by atoms with Gasteiger partial charge in [-0.2, -0.15) is 5.26 Å². The molecule has 2 rings (SSSR count). The summed E-state index contributed by atoms with van der Waals surface area (Å²) in [7, 11) is -3.16. The quantitative estimate of drug-likeness (QED) is 0.811. The van der Waals surface area contributed by atoms with E-state index in [9.17, 15) is 13.2 Å². The molecule has 0 saturated carbocycles. The van der Waals surface area contributed by atoms with E-state index in [1.807, 2.05) is 32.0 Å². The number of amides is 1. The number of rotatable bonds is 7. The normalized spacial score (nSPS) is 11.2. The first-order chi connectivity index (χ1) is 12.3. The van der Waals surface area contributed by atoms with Crippen molar-refractivity contribution in [2.24, 2.45) is 5.92 Å². The summed E-state index contributed by atoms with van der Waals surface area (Å²) in [6.45, 7) is 3.80. The van der Waals surface area contributed by atoms with E-state index < -0.39 is 9.84 Å². The minimum Gasteiger partial charge on any atom is -0.351 e. The van der Waals surface area contributed by atoms with Gasteiger partial charge in [0.15, 0.2) is 9.84 Å². The van der Waals surface area contributed by atoms with Crippen molar-refractivity contribution >= 4 is 15.7 Å². The summed E-state index contributed by atoms with van der Waals surface area (Å²) in [5, 5.41) is 11.5. The number of carbonyl (C=O) groups is 1. The number of hydrogen-bond acceptors (Lipinski definition) is 4. The highest BCUT2D eigenvalue weighted by molar-refractivity contribution is 7.91. The highest BCUT2D eigenvalue weighted by Gasteiger charge is 2.14. The summed E-state index contributed by atoms with van der Waals surface area (Å²) < 4.78 is 23.8. The van der Waals surface area contributed by atoms with Gasteiger partial charge in [-0.05, 0) is 41.3 Å². The first-order valence-corrected chi connectivity index (χ1v) is 10.2. The van der Waals surface area contributed by atoms with Gasteiger partial charge in [-0.25, -0.2) is 8.42 Å². The van der Waals surface area contributed by atoms with Crippen LogP contribution in [0, 0.1) is 17.2 Å². The van der Waals surface area contributed by atoms with Gasteiger partial charge < -0.3 is 5.32 Å². The van der Waals surface area contributed by atoms with Crippen LogP contribution in [0.5, 0.6) is 0 Å². The molecule has 0 radical (unpaired) electrons. The van der Waals surface area contributed by atoms with E-state index in [0.717, 1.165) is 11.1 Å². The molecule has 1 N–H and O–H groups in total. The Labute approximate surface area is 154 Å². The monoisotopic (exact) mass is 370 g/mol. The second-order valence-electron chi connectivity index (χ2n) is 6.53. The van der Waals surface area contributed by atoms with Gasteiger partial charge in [0.05, 0.1) is 23.1 Å². The minimum atomic E-state index is -3.16. The lowest BCUT2D eigenvalue weighted by molar-refractivity contribution is 0.0956. The summed E-state index contributed by atoms with van der Waals surface area (Å²) in [5.74, 6) is -0.177. The van der Waals surface area contributed by atoms with Crippen LogP contribution in [0.2, 0.25) is 0 Å². The fourth-order valence-corrected chi connectivity index (χ4v) is 4.19. The molecular formula is C20H22N2O3S. The molecule has 6 heteroatoms. The Morgan fingerprint density at radius 1 is 1.12 bits per heavy atom. The van der Waals surface area contributed by atoms with Crippen molar-refractivity contribution in [1.82, 2.24) is 5.32 Å². The molecule has 0 fully saturated rings. The first kappa shape index (κ1) is 19.7. The Morgan fingerprint density at radius 2 is 1.81 bits per heavy atom. The summed E-state index contributed by atoms with van der Waals surface area (Å²) >= 11 is 0. The van der Waals surface area contributed by atoms with Gasteiger partial charge in [0.1, 0.15) is 0 Å². The lowest BCUT2D eigenvalue weighted by Gasteiger charge is -2.09. The number of carbonyl (C=O) groups excluding carboxylic acids is 1. The molecule has 0 saturated heterocycles. The van der Waals surface area contributed by atoms with Gasteiger partial charge >= 0.3 is 0 Å².